The molecule has 1 atom stereocenters. The number of anilines is 1. The van der Waals surface area contributed by atoms with Crippen LogP contribution in [0.25, 0.3) is 0 Å². The Kier molecular flexibility index (Phi) is 3.92. The van der Waals surface area contributed by atoms with Crippen molar-refractivity contribution in [2.75, 3.05) is 11.9 Å². The van der Waals surface area contributed by atoms with Crippen LogP contribution in [-0.4, -0.2) is 39.6 Å². The van der Waals surface area contributed by atoms with Crippen molar-refractivity contribution in [1.82, 2.24) is 9.88 Å². The maximum atomic E-state index is 12.3. The van der Waals surface area contributed by atoms with Crippen LogP contribution in [0.15, 0.2) is 24.5 Å². The summed E-state index contributed by atoms with van der Waals surface area (Å²) in [6, 6.07) is 2.23. The molecule has 2 N–H and O–H groups in total. The van der Waals surface area contributed by atoms with Gasteiger partial charge in [0.05, 0.1) is 11.9 Å². The lowest BCUT2D eigenvalue weighted by Gasteiger charge is -2.43. The molecule has 0 aliphatic carbocycles. The van der Waals surface area contributed by atoms with Gasteiger partial charge < -0.3 is 15.3 Å². The van der Waals surface area contributed by atoms with E-state index in [1.807, 2.05) is 13.8 Å². The van der Waals surface area contributed by atoms with Gasteiger partial charge in [-0.1, -0.05) is 13.8 Å². The molecule has 1 saturated heterocycles. The van der Waals surface area contributed by atoms with Crippen molar-refractivity contribution in [3.63, 3.8) is 0 Å². The van der Waals surface area contributed by atoms with Crippen LogP contribution < -0.4 is 5.32 Å². The molecule has 2 rings (SSSR count). The number of rotatable bonds is 2. The van der Waals surface area contributed by atoms with Gasteiger partial charge in [-0.15, -0.1) is 0 Å². The normalized spacial score (nSPS) is 21.3. The predicted molar refractivity (Wildman–Crippen MR) is 74.4 cm³/mol. The highest BCUT2D eigenvalue weighted by Gasteiger charge is 2.44. The number of aliphatic carboxylic acids is 1. The summed E-state index contributed by atoms with van der Waals surface area (Å²) in [5.74, 6) is -0.962. The molecule has 1 aromatic rings. The van der Waals surface area contributed by atoms with Crippen molar-refractivity contribution in [2.45, 2.75) is 32.7 Å². The molecule has 108 valence electrons. The van der Waals surface area contributed by atoms with E-state index in [1.54, 1.807) is 18.3 Å². The summed E-state index contributed by atoms with van der Waals surface area (Å²) in [7, 11) is 0. The Bertz CT molecular complexity index is 502. The van der Waals surface area contributed by atoms with Gasteiger partial charge in [0.1, 0.15) is 6.04 Å². The molecule has 1 unspecified atom stereocenters. The van der Waals surface area contributed by atoms with Crippen molar-refractivity contribution >= 4 is 17.7 Å². The summed E-state index contributed by atoms with van der Waals surface area (Å²) in [6.07, 6.45) is 4.74. The molecule has 0 saturated carbocycles. The smallest absolute Gasteiger partial charge is 0.327 e. The van der Waals surface area contributed by atoms with E-state index in [1.165, 1.54) is 11.1 Å². The van der Waals surface area contributed by atoms with Crippen molar-refractivity contribution < 1.29 is 14.7 Å². The molecule has 20 heavy (non-hydrogen) atoms. The monoisotopic (exact) mass is 277 g/mol. The van der Waals surface area contributed by atoms with E-state index in [4.69, 9.17) is 0 Å². The molecule has 2 heterocycles. The SMILES string of the molecule is CC1(C)CCCN(C(=O)Nc2cccnc2)C1C(=O)O. The van der Waals surface area contributed by atoms with E-state index in [0.717, 1.165) is 12.8 Å². The highest BCUT2D eigenvalue weighted by Crippen LogP contribution is 2.35. The minimum Gasteiger partial charge on any atom is -0.480 e. The van der Waals surface area contributed by atoms with E-state index >= 15 is 0 Å². The first-order valence-electron chi connectivity index (χ1n) is 6.62. The maximum Gasteiger partial charge on any atom is 0.327 e. The third kappa shape index (κ3) is 2.89. The summed E-state index contributed by atoms with van der Waals surface area (Å²) >= 11 is 0. The van der Waals surface area contributed by atoms with Crippen molar-refractivity contribution in [1.29, 1.82) is 0 Å². The number of nitrogens with zero attached hydrogens (tertiary/aromatic N) is 2. The number of carbonyl (C=O) groups excluding carboxylic acids is 1. The van der Waals surface area contributed by atoms with E-state index < -0.39 is 23.5 Å². The Hall–Kier alpha value is -2.11. The zero-order valence-electron chi connectivity index (χ0n) is 11.7. The fourth-order valence-corrected chi connectivity index (χ4v) is 2.71. The van der Waals surface area contributed by atoms with Crippen LogP contribution in [0.4, 0.5) is 10.5 Å². The number of aromatic nitrogens is 1. The van der Waals surface area contributed by atoms with Gasteiger partial charge in [0, 0.05) is 12.7 Å². The number of urea groups is 1. The Morgan fingerprint density at radius 1 is 1.50 bits per heavy atom. The molecule has 6 heteroatoms. The Morgan fingerprint density at radius 2 is 2.25 bits per heavy atom. The topological polar surface area (TPSA) is 82.5 Å². The number of hydrogen-bond donors (Lipinski definition) is 2. The van der Waals surface area contributed by atoms with Gasteiger partial charge in [-0.05, 0) is 30.4 Å². The van der Waals surface area contributed by atoms with Crippen LogP contribution in [0.5, 0.6) is 0 Å². The third-order valence-corrected chi connectivity index (χ3v) is 3.68. The summed E-state index contributed by atoms with van der Waals surface area (Å²) < 4.78 is 0. The highest BCUT2D eigenvalue weighted by molar-refractivity contribution is 5.92. The van der Waals surface area contributed by atoms with Crippen LogP contribution in [0.2, 0.25) is 0 Å². The van der Waals surface area contributed by atoms with E-state index in [2.05, 4.69) is 10.3 Å². The second-order valence-electron chi connectivity index (χ2n) is 5.70. The molecule has 1 aromatic heterocycles. The van der Waals surface area contributed by atoms with Crippen LogP contribution in [0.3, 0.4) is 0 Å². The van der Waals surface area contributed by atoms with Gasteiger partial charge in [0.2, 0.25) is 0 Å². The number of likely N-dealkylation sites (tertiary alicyclic amines) is 1. The molecule has 1 fully saturated rings. The number of carbonyl (C=O) groups is 2. The van der Waals surface area contributed by atoms with Gasteiger partial charge in [-0.25, -0.2) is 9.59 Å². The van der Waals surface area contributed by atoms with Crippen LogP contribution in [0, 0.1) is 5.41 Å². The van der Waals surface area contributed by atoms with Gasteiger partial charge in [-0.3, -0.25) is 4.98 Å². The lowest BCUT2D eigenvalue weighted by Crippen LogP contribution is -2.57. The largest absolute Gasteiger partial charge is 0.480 e. The first kappa shape index (κ1) is 14.3. The molecular weight excluding hydrogens is 258 g/mol. The lowest BCUT2D eigenvalue weighted by atomic mass is 9.76. The fraction of sp³-hybridized carbons (Fsp3) is 0.500. The average molecular weight is 277 g/mol. The number of carboxylic acids is 1. The first-order valence-corrected chi connectivity index (χ1v) is 6.62. The zero-order valence-corrected chi connectivity index (χ0v) is 11.7. The number of pyridine rings is 1. The molecule has 1 aliphatic rings. The molecule has 0 spiro atoms. The van der Waals surface area contributed by atoms with E-state index in [-0.39, 0.29) is 0 Å². The molecule has 0 bridgehead atoms. The number of carboxylic acid groups (broad SMARTS) is 1. The van der Waals surface area contributed by atoms with Crippen LogP contribution >= 0.6 is 0 Å². The zero-order chi connectivity index (χ0) is 14.8. The van der Waals surface area contributed by atoms with Gasteiger partial charge in [0.25, 0.3) is 0 Å². The molecule has 0 aromatic carbocycles. The number of hydrogen-bond acceptors (Lipinski definition) is 3. The lowest BCUT2D eigenvalue weighted by molar-refractivity contribution is -0.148. The number of piperidine rings is 1. The minimum atomic E-state index is -0.962. The Morgan fingerprint density at radius 3 is 2.85 bits per heavy atom. The Labute approximate surface area is 117 Å². The van der Waals surface area contributed by atoms with Gasteiger partial charge >= 0.3 is 12.0 Å². The number of nitrogens with one attached hydrogen (secondary N) is 1. The molecule has 6 nitrogen and oxygen atoms in total. The summed E-state index contributed by atoms with van der Waals surface area (Å²) in [5.41, 5.74) is 0.126. The second kappa shape index (κ2) is 5.48. The van der Waals surface area contributed by atoms with E-state index in [0.29, 0.717) is 12.2 Å². The maximum absolute atomic E-state index is 12.3. The Balaban J connectivity index is 2.17. The molecular formula is C14H19N3O3. The van der Waals surface area contributed by atoms with E-state index in [9.17, 15) is 14.7 Å². The average Bonchev–Trinajstić information content (AvgIpc) is 2.37. The van der Waals surface area contributed by atoms with Crippen LogP contribution in [0.1, 0.15) is 26.7 Å². The van der Waals surface area contributed by atoms with Gasteiger partial charge in [0.15, 0.2) is 0 Å². The summed E-state index contributed by atoms with van der Waals surface area (Å²) in [5, 5.41) is 12.1. The summed E-state index contributed by atoms with van der Waals surface area (Å²) in [6.45, 7) is 4.22. The highest BCUT2D eigenvalue weighted by atomic mass is 16.4. The standard InChI is InChI=1S/C14H19N3O3/c1-14(2)6-4-8-17(11(14)12(18)19)13(20)16-10-5-3-7-15-9-10/h3,5,7,9,11H,4,6,8H2,1-2H3,(H,16,20)(H,18,19). The quantitative estimate of drug-likeness (QED) is 0.868. The number of amides is 2. The molecule has 0 radical (unpaired) electrons. The first-order chi connectivity index (χ1) is 9.42. The summed E-state index contributed by atoms with van der Waals surface area (Å²) in [4.78, 5) is 29.1. The van der Waals surface area contributed by atoms with Crippen molar-refractivity contribution in [3.05, 3.63) is 24.5 Å². The van der Waals surface area contributed by atoms with Crippen LogP contribution in [-0.2, 0) is 4.79 Å². The minimum absolute atomic E-state index is 0.391. The van der Waals surface area contributed by atoms with Gasteiger partial charge in [-0.2, -0.15) is 0 Å². The fourth-order valence-electron chi connectivity index (χ4n) is 2.71. The van der Waals surface area contributed by atoms with Crippen molar-refractivity contribution in [3.8, 4) is 0 Å². The second-order valence-corrected chi connectivity index (χ2v) is 5.70. The van der Waals surface area contributed by atoms with Crippen molar-refractivity contribution in [2.24, 2.45) is 5.41 Å². The molecule has 2 amide bonds. The molecule has 1 aliphatic heterocycles. The third-order valence-electron chi connectivity index (χ3n) is 3.68. The predicted octanol–water partition coefficient (Wildman–Crippen LogP) is 2.19.